The minimum absolute atomic E-state index is 0.0190. The highest BCUT2D eigenvalue weighted by Crippen LogP contribution is 2.31. The molecule has 6 heteroatoms. The van der Waals surface area contributed by atoms with E-state index in [0.29, 0.717) is 5.75 Å². The van der Waals surface area contributed by atoms with Crippen molar-refractivity contribution in [1.29, 1.82) is 0 Å². The number of hydrogen-bond acceptors (Lipinski definition) is 3. The highest BCUT2D eigenvalue weighted by Gasteiger charge is 2.16. The van der Waals surface area contributed by atoms with Crippen LogP contribution in [0.4, 0.5) is 0 Å². The van der Waals surface area contributed by atoms with Crippen LogP contribution in [0.5, 0.6) is 0 Å². The van der Waals surface area contributed by atoms with Gasteiger partial charge in [-0.1, -0.05) is 58.0 Å². The average molecular weight is 416 g/mol. The zero-order chi connectivity index (χ0) is 17.8. The van der Waals surface area contributed by atoms with E-state index in [2.05, 4.69) is 62.0 Å². The van der Waals surface area contributed by atoms with Crippen molar-refractivity contribution in [3.8, 4) is 16.9 Å². The molecule has 0 aliphatic heterocycles. The number of carbonyl (C=O) groups excluding carboxylic acids is 1. The number of nitrogens with zero attached hydrogens (tertiary/aromatic N) is 2. The van der Waals surface area contributed by atoms with E-state index < -0.39 is 0 Å². The quantitative estimate of drug-likeness (QED) is 0.626. The number of hydrogen-bond donors (Lipinski definition) is 1. The van der Waals surface area contributed by atoms with E-state index in [-0.39, 0.29) is 5.91 Å². The van der Waals surface area contributed by atoms with E-state index in [1.165, 1.54) is 11.8 Å². The molecule has 0 saturated carbocycles. The van der Waals surface area contributed by atoms with Gasteiger partial charge in [-0.25, -0.2) is 4.98 Å². The van der Waals surface area contributed by atoms with Crippen LogP contribution in [0.15, 0.2) is 64.4 Å². The minimum atomic E-state index is -0.0190. The number of benzene rings is 2. The molecule has 1 aromatic heterocycles. The molecule has 4 nitrogen and oxygen atoms in total. The molecule has 1 N–H and O–H groups in total. The summed E-state index contributed by atoms with van der Waals surface area (Å²) in [5, 5.41) is 3.45. The first-order valence-electron chi connectivity index (χ1n) is 7.83. The third-order valence-corrected chi connectivity index (χ3v) is 5.32. The Morgan fingerprint density at radius 3 is 2.60 bits per heavy atom. The van der Waals surface area contributed by atoms with Crippen LogP contribution < -0.4 is 5.32 Å². The number of nitrogens with one attached hydrogen (secondary N) is 1. The maximum Gasteiger partial charge on any atom is 0.230 e. The minimum Gasteiger partial charge on any atom is -0.358 e. The zero-order valence-electron chi connectivity index (χ0n) is 14.0. The van der Waals surface area contributed by atoms with Crippen LogP contribution in [-0.4, -0.2) is 28.3 Å². The first kappa shape index (κ1) is 17.8. The Morgan fingerprint density at radius 2 is 1.92 bits per heavy atom. The van der Waals surface area contributed by atoms with E-state index in [1.807, 2.05) is 30.5 Å². The number of halogens is 1. The molecule has 0 bridgehead atoms. The third kappa shape index (κ3) is 3.96. The lowest BCUT2D eigenvalue weighted by Crippen LogP contribution is -2.20. The number of aryl methyl sites for hydroxylation is 1. The Kier molecular flexibility index (Phi) is 5.60. The van der Waals surface area contributed by atoms with Gasteiger partial charge < -0.3 is 5.32 Å². The summed E-state index contributed by atoms with van der Waals surface area (Å²) in [6.45, 7) is 2.08. The largest absolute Gasteiger partial charge is 0.358 e. The summed E-state index contributed by atoms with van der Waals surface area (Å²) >= 11 is 4.91. The van der Waals surface area contributed by atoms with Crippen molar-refractivity contribution in [2.24, 2.45) is 0 Å². The molecule has 0 saturated heterocycles. The maximum atomic E-state index is 11.6. The summed E-state index contributed by atoms with van der Waals surface area (Å²) in [6, 6.07) is 16.3. The van der Waals surface area contributed by atoms with Crippen LogP contribution >= 0.6 is 27.7 Å². The van der Waals surface area contributed by atoms with Crippen molar-refractivity contribution in [1.82, 2.24) is 14.9 Å². The highest BCUT2D eigenvalue weighted by atomic mass is 79.9. The second-order valence-corrected chi connectivity index (χ2v) is 7.37. The van der Waals surface area contributed by atoms with Crippen LogP contribution in [0.25, 0.3) is 16.9 Å². The number of imidazole rings is 1. The Balaban J connectivity index is 2.09. The van der Waals surface area contributed by atoms with Crippen LogP contribution in [0.3, 0.4) is 0 Å². The zero-order valence-corrected chi connectivity index (χ0v) is 16.4. The van der Waals surface area contributed by atoms with Gasteiger partial charge in [0, 0.05) is 17.1 Å². The molecule has 1 amide bonds. The average Bonchev–Trinajstić information content (AvgIpc) is 3.04. The van der Waals surface area contributed by atoms with Crippen molar-refractivity contribution in [3.63, 3.8) is 0 Å². The van der Waals surface area contributed by atoms with Gasteiger partial charge in [0.1, 0.15) is 0 Å². The van der Waals surface area contributed by atoms with Gasteiger partial charge in [0.25, 0.3) is 0 Å². The number of aromatic nitrogens is 2. The Labute approximate surface area is 159 Å². The summed E-state index contributed by atoms with van der Waals surface area (Å²) in [4.78, 5) is 16.2. The van der Waals surface area contributed by atoms with Crippen molar-refractivity contribution < 1.29 is 4.79 Å². The topological polar surface area (TPSA) is 46.9 Å². The molecule has 3 rings (SSSR count). The second kappa shape index (κ2) is 7.89. The lowest BCUT2D eigenvalue weighted by atomic mass is 10.1. The molecule has 25 heavy (non-hydrogen) atoms. The van der Waals surface area contributed by atoms with Gasteiger partial charge >= 0.3 is 0 Å². The molecule has 2 aromatic carbocycles. The maximum absolute atomic E-state index is 11.6. The number of para-hydroxylation sites is 1. The molecule has 0 radical (unpaired) electrons. The van der Waals surface area contributed by atoms with Gasteiger partial charge in [-0.15, -0.1) is 0 Å². The molecular formula is C19H18BrN3OS. The first-order valence-corrected chi connectivity index (χ1v) is 9.61. The number of amides is 1. The molecule has 3 aromatic rings. The van der Waals surface area contributed by atoms with Gasteiger partial charge in [0.2, 0.25) is 5.91 Å². The smallest absolute Gasteiger partial charge is 0.230 e. The Hall–Kier alpha value is -2.05. The normalized spacial score (nSPS) is 10.7. The van der Waals surface area contributed by atoms with Crippen LogP contribution in [0.1, 0.15) is 5.56 Å². The van der Waals surface area contributed by atoms with E-state index in [4.69, 9.17) is 0 Å². The monoisotopic (exact) mass is 415 g/mol. The number of carbonyl (C=O) groups is 1. The van der Waals surface area contributed by atoms with Crippen LogP contribution in [-0.2, 0) is 4.79 Å². The summed E-state index contributed by atoms with van der Waals surface area (Å²) in [5.41, 5.74) is 4.30. The SMILES string of the molecule is CNC(=O)CSc1ncc(-c2ccc(Br)cc2)n1-c1ccccc1C. The molecule has 0 atom stereocenters. The van der Waals surface area contributed by atoms with Crippen molar-refractivity contribution in [3.05, 3.63) is 64.8 Å². The van der Waals surface area contributed by atoms with Gasteiger partial charge in [0.15, 0.2) is 5.16 Å². The summed E-state index contributed by atoms with van der Waals surface area (Å²) in [5.74, 6) is 0.314. The van der Waals surface area contributed by atoms with E-state index >= 15 is 0 Å². The summed E-state index contributed by atoms with van der Waals surface area (Å²) in [6.07, 6.45) is 1.86. The molecule has 0 aliphatic carbocycles. The molecular weight excluding hydrogens is 398 g/mol. The molecule has 1 heterocycles. The van der Waals surface area contributed by atoms with Gasteiger partial charge in [-0.3, -0.25) is 9.36 Å². The lowest BCUT2D eigenvalue weighted by molar-refractivity contribution is -0.118. The van der Waals surface area contributed by atoms with Gasteiger partial charge in [0.05, 0.1) is 23.3 Å². The summed E-state index contributed by atoms with van der Waals surface area (Å²) in [7, 11) is 1.64. The van der Waals surface area contributed by atoms with Gasteiger partial charge in [-0.05, 0) is 30.7 Å². The first-order chi connectivity index (χ1) is 12.1. The fraction of sp³-hybridized carbons (Fsp3) is 0.158. The van der Waals surface area contributed by atoms with E-state index in [1.54, 1.807) is 7.05 Å². The highest BCUT2D eigenvalue weighted by molar-refractivity contribution is 9.10. The number of rotatable bonds is 5. The van der Waals surface area contributed by atoms with Crippen molar-refractivity contribution in [2.75, 3.05) is 12.8 Å². The molecule has 0 fully saturated rings. The molecule has 0 spiro atoms. The third-order valence-electron chi connectivity index (χ3n) is 3.84. The van der Waals surface area contributed by atoms with Crippen molar-refractivity contribution in [2.45, 2.75) is 12.1 Å². The molecule has 0 aliphatic rings. The van der Waals surface area contributed by atoms with Crippen LogP contribution in [0, 0.1) is 6.92 Å². The standard InChI is InChI=1S/C19H18BrN3OS/c1-13-5-3-4-6-16(13)23-17(14-7-9-15(20)10-8-14)11-22-19(23)25-12-18(24)21-2/h3-11H,12H2,1-2H3,(H,21,24). The molecule has 0 unspecified atom stereocenters. The van der Waals surface area contributed by atoms with E-state index in [0.717, 1.165) is 32.1 Å². The Bertz CT molecular complexity index is 890. The van der Waals surface area contributed by atoms with Crippen molar-refractivity contribution >= 4 is 33.6 Å². The van der Waals surface area contributed by atoms with Crippen LogP contribution in [0.2, 0.25) is 0 Å². The number of thioether (sulfide) groups is 1. The lowest BCUT2D eigenvalue weighted by Gasteiger charge is -2.14. The fourth-order valence-corrected chi connectivity index (χ4v) is 3.63. The predicted octanol–water partition coefficient (Wildman–Crippen LogP) is 4.45. The van der Waals surface area contributed by atoms with Gasteiger partial charge in [-0.2, -0.15) is 0 Å². The van der Waals surface area contributed by atoms with E-state index in [9.17, 15) is 4.79 Å². The second-order valence-electron chi connectivity index (χ2n) is 5.52. The molecule has 128 valence electrons. The Morgan fingerprint density at radius 1 is 1.20 bits per heavy atom. The predicted molar refractivity (Wildman–Crippen MR) is 106 cm³/mol. The fourth-order valence-electron chi connectivity index (χ4n) is 2.51. The summed E-state index contributed by atoms with van der Waals surface area (Å²) < 4.78 is 3.15.